The first-order valence-electron chi connectivity index (χ1n) is 11.1. The van der Waals surface area contributed by atoms with Crippen LogP contribution in [0.15, 0.2) is 64.5 Å². The first kappa shape index (κ1) is 21.8. The number of hydrogen-bond acceptors (Lipinski definition) is 7. The summed E-state index contributed by atoms with van der Waals surface area (Å²) >= 11 is 3.06. The molecule has 0 aliphatic carbocycles. The maximum atomic E-state index is 12.6. The summed E-state index contributed by atoms with van der Waals surface area (Å²) in [5.41, 5.74) is 4.56. The first-order valence-corrected chi connectivity index (χ1v) is 12.9. The molecule has 6 aromatic rings. The topological polar surface area (TPSA) is 93.8 Å². The molecule has 0 radical (unpaired) electrons. The number of fused-ring (bicyclic) bond motifs is 3. The van der Waals surface area contributed by atoms with Crippen molar-refractivity contribution in [3.63, 3.8) is 0 Å². The number of nitrogens with zero attached hydrogens (tertiary/aromatic N) is 6. The highest BCUT2D eigenvalue weighted by Gasteiger charge is 2.19. The van der Waals surface area contributed by atoms with E-state index in [0.29, 0.717) is 17.2 Å². The number of benzene rings is 2. The van der Waals surface area contributed by atoms with E-state index in [-0.39, 0.29) is 5.69 Å². The minimum atomic E-state index is -0.285. The number of aromatic amines is 1. The quantitative estimate of drug-likeness (QED) is 0.332. The van der Waals surface area contributed by atoms with Crippen LogP contribution in [0.4, 0.5) is 0 Å². The van der Waals surface area contributed by atoms with E-state index in [1.54, 1.807) is 11.3 Å². The van der Waals surface area contributed by atoms with Crippen LogP contribution in [0.2, 0.25) is 0 Å². The smallest absolute Gasteiger partial charge is 0.297 e. The van der Waals surface area contributed by atoms with Crippen molar-refractivity contribution in [1.82, 2.24) is 34.3 Å². The van der Waals surface area contributed by atoms with Gasteiger partial charge in [0.2, 0.25) is 0 Å². The van der Waals surface area contributed by atoms with E-state index >= 15 is 0 Å². The number of H-pyrrole nitrogens is 1. The van der Waals surface area contributed by atoms with Crippen molar-refractivity contribution in [3.05, 3.63) is 86.9 Å². The number of thioether (sulfide) groups is 1. The summed E-state index contributed by atoms with van der Waals surface area (Å²) in [4.78, 5) is 22.2. The molecule has 8 nitrogen and oxygen atoms in total. The lowest BCUT2D eigenvalue weighted by atomic mass is 10.2. The highest BCUT2D eigenvalue weighted by Crippen LogP contribution is 2.32. The Bertz CT molecular complexity index is 1740. The number of rotatable bonds is 5. The van der Waals surface area contributed by atoms with Crippen molar-refractivity contribution >= 4 is 39.0 Å². The van der Waals surface area contributed by atoms with Gasteiger partial charge >= 0.3 is 5.69 Å². The second-order valence-electron chi connectivity index (χ2n) is 8.31. The Balaban J connectivity index is 1.40. The SMILES string of the molecule is Cc1ccc(-n2c(SCc3nc4c5c(C)c(C)sc5[nH]c(=O)n4n3)nnc2-c2ccccc2)cc1. The summed E-state index contributed by atoms with van der Waals surface area (Å²) in [5.74, 6) is 1.78. The summed E-state index contributed by atoms with van der Waals surface area (Å²) in [6.07, 6.45) is 0. The van der Waals surface area contributed by atoms with Gasteiger partial charge in [-0.05, 0) is 38.5 Å². The van der Waals surface area contributed by atoms with E-state index in [1.807, 2.05) is 48.7 Å². The lowest BCUT2D eigenvalue weighted by Gasteiger charge is -2.10. The molecule has 0 fully saturated rings. The fraction of sp³-hybridized carbons (Fsp3) is 0.160. The third-order valence-electron chi connectivity index (χ3n) is 5.96. The molecular weight excluding hydrogens is 478 g/mol. The fourth-order valence-corrected chi connectivity index (χ4v) is 5.89. The van der Waals surface area contributed by atoms with E-state index < -0.39 is 0 Å². The van der Waals surface area contributed by atoms with Crippen molar-refractivity contribution in [3.8, 4) is 17.1 Å². The summed E-state index contributed by atoms with van der Waals surface area (Å²) < 4.78 is 3.41. The van der Waals surface area contributed by atoms with Crippen LogP contribution < -0.4 is 5.69 Å². The molecule has 0 saturated carbocycles. The average molecular weight is 500 g/mol. The highest BCUT2D eigenvalue weighted by molar-refractivity contribution is 7.98. The Morgan fingerprint density at radius 2 is 1.77 bits per heavy atom. The number of nitrogens with one attached hydrogen (secondary N) is 1. The Morgan fingerprint density at radius 1 is 1.00 bits per heavy atom. The van der Waals surface area contributed by atoms with Crippen molar-refractivity contribution in [2.45, 2.75) is 31.7 Å². The van der Waals surface area contributed by atoms with Gasteiger partial charge in [-0.1, -0.05) is 59.8 Å². The van der Waals surface area contributed by atoms with E-state index in [0.717, 1.165) is 42.9 Å². The van der Waals surface area contributed by atoms with Crippen LogP contribution >= 0.6 is 23.1 Å². The van der Waals surface area contributed by atoms with Crippen LogP contribution in [0.25, 0.3) is 32.9 Å². The van der Waals surface area contributed by atoms with Crippen molar-refractivity contribution < 1.29 is 0 Å². The van der Waals surface area contributed by atoms with Crippen LogP contribution in [0.3, 0.4) is 0 Å². The Morgan fingerprint density at radius 3 is 2.54 bits per heavy atom. The van der Waals surface area contributed by atoms with Crippen molar-refractivity contribution in [2.24, 2.45) is 0 Å². The Kier molecular flexibility index (Phi) is 5.27. The molecular formula is C25H21N7OS2. The van der Waals surface area contributed by atoms with Gasteiger partial charge in [0.25, 0.3) is 0 Å². The zero-order valence-electron chi connectivity index (χ0n) is 19.3. The third kappa shape index (κ3) is 3.75. The van der Waals surface area contributed by atoms with Crippen LogP contribution in [-0.2, 0) is 5.75 Å². The minimum absolute atomic E-state index is 0.285. The van der Waals surface area contributed by atoms with Gasteiger partial charge in [-0.15, -0.1) is 26.6 Å². The van der Waals surface area contributed by atoms with Crippen molar-refractivity contribution in [2.75, 3.05) is 0 Å². The van der Waals surface area contributed by atoms with Crippen LogP contribution in [-0.4, -0.2) is 34.3 Å². The molecule has 4 aromatic heterocycles. The number of hydrogen-bond donors (Lipinski definition) is 1. The zero-order valence-corrected chi connectivity index (χ0v) is 20.9. The Labute approximate surface area is 208 Å². The molecule has 0 aliphatic rings. The van der Waals surface area contributed by atoms with E-state index in [2.05, 4.69) is 51.5 Å². The monoisotopic (exact) mass is 499 g/mol. The van der Waals surface area contributed by atoms with Crippen LogP contribution in [0.1, 0.15) is 21.8 Å². The average Bonchev–Trinajstić information content (AvgIpc) is 3.55. The molecule has 0 amide bonds. The standard InChI is InChI=1S/C25H21N7OS2/c1-14-9-11-18(12-10-14)31-21(17-7-5-4-6-8-17)28-29-25(31)34-13-19-26-22-20-15(2)16(3)35-23(20)27-24(33)32(22)30-19/h4-12H,13H2,1-3H3,(H,27,33). The second-order valence-corrected chi connectivity index (χ2v) is 10.5. The molecule has 0 spiro atoms. The predicted octanol–water partition coefficient (Wildman–Crippen LogP) is 5.10. The first-order chi connectivity index (χ1) is 17.0. The molecule has 0 unspecified atom stereocenters. The molecule has 0 aliphatic heterocycles. The molecule has 0 bridgehead atoms. The molecule has 0 saturated heterocycles. The van der Waals surface area contributed by atoms with Gasteiger partial charge in [-0.3, -0.25) is 9.55 Å². The van der Waals surface area contributed by atoms with Gasteiger partial charge in [-0.25, -0.2) is 9.78 Å². The fourth-order valence-electron chi connectivity index (χ4n) is 4.05. The summed E-state index contributed by atoms with van der Waals surface area (Å²) in [6, 6.07) is 18.3. The lowest BCUT2D eigenvalue weighted by molar-refractivity contribution is 0.856. The molecule has 4 heterocycles. The maximum Gasteiger partial charge on any atom is 0.349 e. The Hall–Kier alpha value is -3.76. The van der Waals surface area contributed by atoms with Gasteiger partial charge in [-0.2, -0.15) is 4.52 Å². The van der Waals surface area contributed by atoms with Gasteiger partial charge in [0, 0.05) is 16.1 Å². The predicted molar refractivity (Wildman–Crippen MR) is 140 cm³/mol. The number of aromatic nitrogens is 7. The van der Waals surface area contributed by atoms with Crippen molar-refractivity contribution in [1.29, 1.82) is 0 Å². The normalized spacial score (nSPS) is 11.6. The highest BCUT2D eigenvalue weighted by atomic mass is 32.2. The van der Waals surface area contributed by atoms with E-state index in [9.17, 15) is 4.79 Å². The molecule has 6 rings (SSSR count). The largest absolute Gasteiger partial charge is 0.349 e. The summed E-state index contributed by atoms with van der Waals surface area (Å²) in [7, 11) is 0. The zero-order chi connectivity index (χ0) is 24.1. The second kappa shape index (κ2) is 8.47. The number of aryl methyl sites for hydroxylation is 3. The summed E-state index contributed by atoms with van der Waals surface area (Å²) in [6.45, 7) is 6.16. The van der Waals surface area contributed by atoms with Gasteiger partial charge in [0.15, 0.2) is 22.5 Å². The number of thiophene rings is 1. The molecule has 174 valence electrons. The van der Waals surface area contributed by atoms with Crippen LogP contribution in [0, 0.1) is 20.8 Å². The molecule has 0 atom stereocenters. The van der Waals surface area contributed by atoms with Gasteiger partial charge in [0.1, 0.15) is 4.83 Å². The molecule has 2 aromatic carbocycles. The molecule has 10 heteroatoms. The minimum Gasteiger partial charge on any atom is -0.297 e. The summed E-state index contributed by atoms with van der Waals surface area (Å²) in [5, 5.41) is 15.2. The van der Waals surface area contributed by atoms with E-state index in [4.69, 9.17) is 4.98 Å². The lowest BCUT2D eigenvalue weighted by Crippen LogP contribution is -2.17. The van der Waals surface area contributed by atoms with Gasteiger partial charge in [0.05, 0.1) is 11.1 Å². The third-order valence-corrected chi connectivity index (χ3v) is 8.01. The molecule has 35 heavy (non-hydrogen) atoms. The maximum absolute atomic E-state index is 12.6. The van der Waals surface area contributed by atoms with Crippen LogP contribution in [0.5, 0.6) is 0 Å². The van der Waals surface area contributed by atoms with Gasteiger partial charge < -0.3 is 0 Å². The van der Waals surface area contributed by atoms with E-state index in [1.165, 1.54) is 21.8 Å². The molecule has 1 N–H and O–H groups in total.